The molecule has 0 saturated carbocycles. The Labute approximate surface area is 120 Å². The van der Waals surface area contributed by atoms with Crippen LogP contribution in [0.5, 0.6) is 0 Å². The first kappa shape index (κ1) is 13.6. The van der Waals surface area contributed by atoms with E-state index in [-0.39, 0.29) is 12.0 Å². The Morgan fingerprint density at radius 3 is 2.60 bits per heavy atom. The van der Waals surface area contributed by atoms with Gasteiger partial charge in [0.25, 0.3) is 0 Å². The Bertz CT molecular complexity index is 671. The highest BCUT2D eigenvalue weighted by Gasteiger charge is 2.44. The smallest absolute Gasteiger partial charge is 0.207 e. The molecule has 0 bridgehead atoms. The second-order valence-electron chi connectivity index (χ2n) is 5.48. The number of hydrogen-bond donors (Lipinski definition) is 0. The van der Waals surface area contributed by atoms with Gasteiger partial charge in [0.2, 0.25) is 10.0 Å². The first-order valence-electron chi connectivity index (χ1n) is 6.94. The first-order valence-corrected chi connectivity index (χ1v) is 8.38. The molecule has 1 fully saturated rings. The fourth-order valence-corrected chi connectivity index (χ4v) is 4.75. The number of hydrogen-bond acceptors (Lipinski definition) is 2. The van der Waals surface area contributed by atoms with E-state index in [1.807, 2.05) is 26.0 Å². The second kappa shape index (κ2) is 4.86. The van der Waals surface area contributed by atoms with Gasteiger partial charge in [0.1, 0.15) is 0 Å². The molecule has 2 aliphatic rings. The zero-order chi connectivity index (χ0) is 14.3. The van der Waals surface area contributed by atoms with Crippen molar-refractivity contribution in [1.29, 1.82) is 0 Å². The van der Waals surface area contributed by atoms with Crippen molar-refractivity contribution < 1.29 is 8.42 Å². The Balaban J connectivity index is 1.98. The Morgan fingerprint density at radius 1 is 1.25 bits per heavy atom. The van der Waals surface area contributed by atoms with E-state index in [0.29, 0.717) is 11.4 Å². The Kier molecular flexibility index (Phi) is 3.30. The minimum absolute atomic E-state index is 0.0625. The van der Waals surface area contributed by atoms with Crippen LogP contribution in [0.2, 0.25) is 0 Å². The van der Waals surface area contributed by atoms with Crippen molar-refractivity contribution in [3.63, 3.8) is 0 Å². The molecule has 1 heterocycles. The van der Waals surface area contributed by atoms with Crippen molar-refractivity contribution in [3.8, 4) is 0 Å². The van der Waals surface area contributed by atoms with Crippen LogP contribution in [0, 0.1) is 12.8 Å². The van der Waals surface area contributed by atoms with Crippen LogP contribution in [0.25, 0.3) is 0 Å². The van der Waals surface area contributed by atoms with Crippen LogP contribution in [0.3, 0.4) is 0 Å². The van der Waals surface area contributed by atoms with Crippen molar-refractivity contribution in [2.75, 3.05) is 6.54 Å². The van der Waals surface area contributed by atoms with E-state index in [2.05, 4.69) is 18.2 Å². The lowest BCUT2D eigenvalue weighted by molar-refractivity contribution is 0.376. The fourth-order valence-electron chi connectivity index (χ4n) is 3.10. The van der Waals surface area contributed by atoms with Gasteiger partial charge in [-0.2, -0.15) is 4.31 Å². The van der Waals surface area contributed by atoms with Crippen molar-refractivity contribution in [2.45, 2.75) is 31.2 Å². The van der Waals surface area contributed by atoms with Crippen LogP contribution in [0.4, 0.5) is 0 Å². The molecule has 0 radical (unpaired) electrons. The van der Waals surface area contributed by atoms with Gasteiger partial charge >= 0.3 is 0 Å². The zero-order valence-corrected chi connectivity index (χ0v) is 12.6. The van der Waals surface area contributed by atoms with Crippen LogP contribution in [-0.2, 0) is 10.0 Å². The number of sulfonamides is 1. The van der Waals surface area contributed by atoms with Gasteiger partial charge in [0, 0.05) is 18.5 Å². The maximum Gasteiger partial charge on any atom is 0.243 e. The summed E-state index contributed by atoms with van der Waals surface area (Å²) in [7, 11) is -3.40. The average molecular weight is 289 g/mol. The van der Waals surface area contributed by atoms with E-state index in [4.69, 9.17) is 0 Å². The predicted molar refractivity (Wildman–Crippen MR) is 79.9 cm³/mol. The molecule has 0 N–H and O–H groups in total. The number of rotatable bonds is 2. The average Bonchev–Trinajstić information content (AvgIpc) is 3.00. The van der Waals surface area contributed by atoms with Crippen LogP contribution in [-0.4, -0.2) is 25.3 Å². The molecule has 1 aromatic rings. The van der Waals surface area contributed by atoms with Gasteiger partial charge in [-0.15, -0.1) is 0 Å². The largest absolute Gasteiger partial charge is 0.243 e. The van der Waals surface area contributed by atoms with Gasteiger partial charge in [-0.05, 0) is 32.4 Å². The Hall–Kier alpha value is -1.39. The molecule has 2 unspecified atom stereocenters. The summed E-state index contributed by atoms with van der Waals surface area (Å²) in [4.78, 5) is 0.395. The molecular formula is C16H19NO2S. The van der Waals surface area contributed by atoms with E-state index in [9.17, 15) is 8.42 Å². The standard InChI is InChI=1S/C16H19NO2S/c1-3-13-11-17(16-6-4-5-15(13)16)20(18,19)14-9-7-12(2)8-10-14/h3-5,7-10,15-16H,6,11H2,1-2H3/b13-3-. The molecule has 1 aliphatic carbocycles. The lowest BCUT2D eigenvalue weighted by atomic mass is 10.00. The highest BCUT2D eigenvalue weighted by atomic mass is 32.2. The number of benzene rings is 1. The lowest BCUT2D eigenvalue weighted by Crippen LogP contribution is -2.36. The molecule has 1 aromatic carbocycles. The van der Waals surface area contributed by atoms with Crippen LogP contribution in [0.15, 0.2) is 53.0 Å². The number of fused-ring (bicyclic) bond motifs is 1. The molecule has 3 rings (SSSR count). The normalized spacial score (nSPS) is 28.2. The molecular weight excluding hydrogens is 270 g/mol. The van der Waals surface area contributed by atoms with Crippen LogP contribution < -0.4 is 0 Å². The number of allylic oxidation sites excluding steroid dienone is 1. The fraction of sp³-hybridized carbons (Fsp3) is 0.375. The highest BCUT2D eigenvalue weighted by molar-refractivity contribution is 7.89. The van der Waals surface area contributed by atoms with Gasteiger partial charge in [0.15, 0.2) is 0 Å². The monoisotopic (exact) mass is 289 g/mol. The zero-order valence-electron chi connectivity index (χ0n) is 11.8. The van der Waals surface area contributed by atoms with E-state index in [1.54, 1.807) is 16.4 Å². The summed E-state index contributed by atoms with van der Waals surface area (Å²) in [6.45, 7) is 4.47. The Morgan fingerprint density at radius 2 is 1.95 bits per heavy atom. The van der Waals surface area contributed by atoms with Crippen LogP contribution >= 0.6 is 0 Å². The quantitative estimate of drug-likeness (QED) is 0.785. The van der Waals surface area contributed by atoms with Crippen LogP contribution in [0.1, 0.15) is 18.9 Å². The van der Waals surface area contributed by atoms with Gasteiger partial charge in [-0.1, -0.05) is 41.5 Å². The number of nitrogens with zero attached hydrogens (tertiary/aromatic N) is 1. The third-order valence-electron chi connectivity index (χ3n) is 4.27. The van der Waals surface area contributed by atoms with Crippen molar-refractivity contribution in [1.82, 2.24) is 4.31 Å². The molecule has 1 aliphatic heterocycles. The maximum absolute atomic E-state index is 12.8. The number of aryl methyl sites for hydroxylation is 1. The summed E-state index contributed by atoms with van der Waals surface area (Å²) in [5.41, 5.74) is 2.28. The highest BCUT2D eigenvalue weighted by Crippen LogP contribution is 2.39. The molecule has 0 amide bonds. The molecule has 3 nitrogen and oxygen atoms in total. The van der Waals surface area contributed by atoms with E-state index in [0.717, 1.165) is 12.0 Å². The third-order valence-corrected chi connectivity index (χ3v) is 6.16. The van der Waals surface area contributed by atoms with Crippen molar-refractivity contribution in [2.24, 2.45) is 5.92 Å². The summed E-state index contributed by atoms with van der Waals surface area (Å²) in [6.07, 6.45) is 7.10. The van der Waals surface area contributed by atoms with Gasteiger partial charge < -0.3 is 0 Å². The minimum atomic E-state index is -3.40. The summed E-state index contributed by atoms with van der Waals surface area (Å²) in [5, 5.41) is 0. The summed E-state index contributed by atoms with van der Waals surface area (Å²) < 4.78 is 27.3. The summed E-state index contributed by atoms with van der Waals surface area (Å²) in [5.74, 6) is 0.264. The molecule has 106 valence electrons. The summed E-state index contributed by atoms with van der Waals surface area (Å²) >= 11 is 0. The molecule has 20 heavy (non-hydrogen) atoms. The molecule has 4 heteroatoms. The molecule has 1 saturated heterocycles. The first-order chi connectivity index (χ1) is 9.54. The van der Waals surface area contributed by atoms with E-state index < -0.39 is 10.0 Å². The topological polar surface area (TPSA) is 37.4 Å². The molecule has 0 aromatic heterocycles. The van der Waals surface area contributed by atoms with Gasteiger partial charge in [-0.3, -0.25) is 0 Å². The van der Waals surface area contributed by atoms with Gasteiger partial charge in [0.05, 0.1) is 4.90 Å². The van der Waals surface area contributed by atoms with Gasteiger partial charge in [-0.25, -0.2) is 8.42 Å². The third kappa shape index (κ3) is 2.03. The molecule has 2 atom stereocenters. The van der Waals surface area contributed by atoms with Crippen molar-refractivity contribution >= 4 is 10.0 Å². The molecule has 0 spiro atoms. The summed E-state index contributed by atoms with van der Waals surface area (Å²) in [6, 6.07) is 7.17. The van der Waals surface area contributed by atoms with E-state index in [1.165, 1.54) is 5.57 Å². The second-order valence-corrected chi connectivity index (χ2v) is 7.37. The van der Waals surface area contributed by atoms with E-state index >= 15 is 0 Å². The predicted octanol–water partition coefficient (Wildman–Crippen LogP) is 2.89. The lowest BCUT2D eigenvalue weighted by Gasteiger charge is -2.22. The maximum atomic E-state index is 12.8. The minimum Gasteiger partial charge on any atom is -0.207 e. The SMILES string of the molecule is C/C=C1/CN(S(=O)(=O)c2ccc(C)cc2)C2CC=CC12. The van der Waals surface area contributed by atoms with Crippen molar-refractivity contribution in [3.05, 3.63) is 53.6 Å².